The van der Waals surface area contributed by atoms with Gasteiger partial charge in [-0.2, -0.15) is 5.10 Å². The monoisotopic (exact) mass is 424 g/mol. The summed E-state index contributed by atoms with van der Waals surface area (Å²) in [5.74, 6) is 0.0792. The Labute approximate surface area is 177 Å². The smallest absolute Gasteiger partial charge is 0.269 e. The highest BCUT2D eigenvalue weighted by atomic mass is 35.5. The minimum absolute atomic E-state index is 0.00403. The summed E-state index contributed by atoms with van der Waals surface area (Å²) < 4.78 is 5.47. The highest BCUT2D eigenvalue weighted by molar-refractivity contribution is 6.32. The Balaban J connectivity index is 1.52. The van der Waals surface area contributed by atoms with E-state index < -0.39 is 4.92 Å². The molecule has 0 aromatic heterocycles. The van der Waals surface area contributed by atoms with Gasteiger partial charge >= 0.3 is 0 Å². The number of anilines is 2. The number of nitrogens with one attached hydrogen (secondary N) is 2. The quantitative estimate of drug-likeness (QED) is 0.309. The third-order valence-corrected chi connectivity index (χ3v) is 4.15. The lowest BCUT2D eigenvalue weighted by molar-refractivity contribution is -0.384. The van der Waals surface area contributed by atoms with Gasteiger partial charge in [-0.15, -0.1) is 0 Å². The molecule has 152 valence electrons. The zero-order valence-electron chi connectivity index (χ0n) is 15.6. The second kappa shape index (κ2) is 10.0. The molecule has 30 heavy (non-hydrogen) atoms. The molecule has 0 aliphatic carbocycles. The van der Waals surface area contributed by atoms with Crippen LogP contribution in [0.2, 0.25) is 5.02 Å². The summed E-state index contributed by atoms with van der Waals surface area (Å²) >= 11 is 6.21. The number of hydrazone groups is 1. The number of rotatable bonds is 8. The molecule has 0 heterocycles. The molecular weight excluding hydrogens is 408 g/mol. The molecule has 0 fully saturated rings. The number of amides is 1. The van der Waals surface area contributed by atoms with Gasteiger partial charge in [-0.3, -0.25) is 20.3 Å². The molecule has 3 aromatic carbocycles. The maximum Gasteiger partial charge on any atom is 0.269 e. The van der Waals surface area contributed by atoms with Crippen molar-refractivity contribution in [1.82, 2.24) is 0 Å². The zero-order chi connectivity index (χ0) is 21.3. The lowest BCUT2D eigenvalue weighted by atomic mass is 10.2. The molecule has 2 N–H and O–H groups in total. The van der Waals surface area contributed by atoms with E-state index in [9.17, 15) is 14.9 Å². The summed E-state index contributed by atoms with van der Waals surface area (Å²) in [5.41, 5.74) is 4.77. The highest BCUT2D eigenvalue weighted by Crippen LogP contribution is 2.25. The number of ether oxygens (including phenoxy) is 1. The van der Waals surface area contributed by atoms with Gasteiger partial charge in [0.15, 0.2) is 6.61 Å². The van der Waals surface area contributed by atoms with Gasteiger partial charge in [-0.25, -0.2) is 0 Å². The van der Waals surface area contributed by atoms with Gasteiger partial charge in [0.1, 0.15) is 5.75 Å². The van der Waals surface area contributed by atoms with E-state index in [2.05, 4.69) is 15.8 Å². The van der Waals surface area contributed by atoms with E-state index in [0.29, 0.717) is 27.7 Å². The van der Waals surface area contributed by atoms with Crippen LogP contribution in [0.3, 0.4) is 0 Å². The van der Waals surface area contributed by atoms with Gasteiger partial charge in [0.2, 0.25) is 0 Å². The molecule has 3 aromatic rings. The number of hydrogen-bond donors (Lipinski definition) is 2. The largest absolute Gasteiger partial charge is 0.482 e. The Hall–Kier alpha value is -3.91. The number of non-ortho nitro benzene ring substituents is 1. The van der Waals surface area contributed by atoms with Crippen LogP contribution in [0, 0.1) is 10.1 Å². The van der Waals surface area contributed by atoms with Crippen molar-refractivity contribution in [2.75, 3.05) is 17.3 Å². The molecule has 0 radical (unpaired) electrons. The van der Waals surface area contributed by atoms with Crippen molar-refractivity contribution in [3.05, 3.63) is 93.5 Å². The summed E-state index contributed by atoms with van der Waals surface area (Å²) in [5, 5.41) is 17.8. The summed E-state index contributed by atoms with van der Waals surface area (Å²) in [6.45, 7) is -0.177. The zero-order valence-corrected chi connectivity index (χ0v) is 16.4. The Morgan fingerprint density at radius 2 is 1.80 bits per heavy atom. The average molecular weight is 425 g/mol. The predicted molar refractivity (Wildman–Crippen MR) is 116 cm³/mol. The van der Waals surface area contributed by atoms with Gasteiger partial charge in [0.25, 0.3) is 11.6 Å². The molecular formula is C21H17ClN4O4. The van der Waals surface area contributed by atoms with Crippen molar-refractivity contribution in [2.24, 2.45) is 5.10 Å². The summed E-state index contributed by atoms with van der Waals surface area (Å²) in [7, 11) is 0. The maximum absolute atomic E-state index is 12.0. The van der Waals surface area contributed by atoms with Gasteiger partial charge in [0, 0.05) is 17.8 Å². The minimum Gasteiger partial charge on any atom is -0.482 e. The van der Waals surface area contributed by atoms with E-state index in [1.165, 1.54) is 12.1 Å². The third kappa shape index (κ3) is 6.05. The third-order valence-electron chi connectivity index (χ3n) is 3.86. The van der Waals surface area contributed by atoms with Crippen molar-refractivity contribution in [3.8, 4) is 5.75 Å². The molecule has 1 amide bonds. The molecule has 0 saturated heterocycles. The first-order valence-corrected chi connectivity index (χ1v) is 9.20. The van der Waals surface area contributed by atoms with Crippen LogP contribution in [0.4, 0.5) is 17.1 Å². The van der Waals surface area contributed by atoms with Gasteiger partial charge in [-0.05, 0) is 48.0 Å². The number of benzene rings is 3. The van der Waals surface area contributed by atoms with Crippen LogP contribution in [0.1, 0.15) is 5.56 Å². The van der Waals surface area contributed by atoms with Gasteiger partial charge < -0.3 is 10.1 Å². The van der Waals surface area contributed by atoms with Crippen molar-refractivity contribution in [1.29, 1.82) is 0 Å². The minimum atomic E-state index is -0.468. The van der Waals surface area contributed by atoms with E-state index in [1.807, 2.05) is 18.2 Å². The molecule has 0 atom stereocenters. The summed E-state index contributed by atoms with van der Waals surface area (Å²) in [4.78, 5) is 22.1. The van der Waals surface area contributed by atoms with Crippen LogP contribution in [-0.2, 0) is 4.79 Å². The second-order valence-electron chi connectivity index (χ2n) is 6.07. The van der Waals surface area contributed by atoms with Crippen molar-refractivity contribution >= 4 is 40.8 Å². The fraction of sp³-hybridized carbons (Fsp3) is 0.0476. The van der Waals surface area contributed by atoms with E-state index in [0.717, 1.165) is 0 Å². The topological polar surface area (TPSA) is 106 Å². The standard InChI is InChI=1S/C21H17ClN4O4/c22-19-12-15(13-23-25-17-7-9-18(10-8-17)26(28)29)6-11-20(19)30-14-21(27)24-16-4-2-1-3-5-16/h1-13,25H,14H2,(H,24,27)/b23-13+. The normalized spacial score (nSPS) is 10.6. The number of nitro groups is 1. The molecule has 9 heteroatoms. The number of para-hydroxylation sites is 1. The fourth-order valence-electron chi connectivity index (χ4n) is 2.42. The number of nitro benzene ring substituents is 1. The van der Waals surface area contributed by atoms with E-state index in [1.54, 1.807) is 48.7 Å². The summed E-state index contributed by atoms with van der Waals surface area (Å²) in [6, 6.07) is 20.0. The maximum atomic E-state index is 12.0. The van der Waals surface area contributed by atoms with E-state index in [4.69, 9.17) is 16.3 Å². The van der Waals surface area contributed by atoms with Crippen LogP contribution in [0.5, 0.6) is 5.75 Å². The number of nitrogens with zero attached hydrogens (tertiary/aromatic N) is 2. The van der Waals surface area contributed by atoms with Crippen LogP contribution in [-0.4, -0.2) is 23.7 Å². The number of carbonyl (C=O) groups is 1. The molecule has 8 nitrogen and oxygen atoms in total. The van der Waals surface area contributed by atoms with Crippen LogP contribution < -0.4 is 15.5 Å². The van der Waals surface area contributed by atoms with Crippen LogP contribution >= 0.6 is 11.6 Å². The van der Waals surface area contributed by atoms with E-state index in [-0.39, 0.29) is 18.2 Å². The second-order valence-corrected chi connectivity index (χ2v) is 6.47. The predicted octanol–water partition coefficient (Wildman–Crippen LogP) is 4.71. The fourth-order valence-corrected chi connectivity index (χ4v) is 2.66. The molecule has 3 rings (SSSR count). The Morgan fingerprint density at radius 3 is 2.47 bits per heavy atom. The molecule has 0 bridgehead atoms. The van der Waals surface area contributed by atoms with Crippen LogP contribution in [0.15, 0.2) is 77.9 Å². The average Bonchev–Trinajstić information content (AvgIpc) is 2.74. The number of halogens is 1. The van der Waals surface area contributed by atoms with Gasteiger partial charge in [-0.1, -0.05) is 29.8 Å². The summed E-state index contributed by atoms with van der Waals surface area (Å²) in [6.07, 6.45) is 1.54. The van der Waals surface area contributed by atoms with Gasteiger partial charge in [0.05, 0.1) is 21.8 Å². The number of carbonyl (C=O) groups excluding carboxylic acids is 1. The Morgan fingerprint density at radius 1 is 1.07 bits per heavy atom. The molecule has 0 saturated carbocycles. The molecule has 0 unspecified atom stereocenters. The SMILES string of the molecule is O=C(COc1ccc(/C=N/Nc2ccc([N+](=O)[O-])cc2)cc1Cl)Nc1ccccc1. The van der Waals surface area contributed by atoms with E-state index >= 15 is 0 Å². The lowest BCUT2D eigenvalue weighted by Crippen LogP contribution is -2.20. The molecule has 0 aliphatic rings. The lowest BCUT2D eigenvalue weighted by Gasteiger charge is -2.09. The van der Waals surface area contributed by atoms with Crippen LogP contribution in [0.25, 0.3) is 0 Å². The Kier molecular flexibility index (Phi) is 6.96. The first-order valence-electron chi connectivity index (χ1n) is 8.82. The number of hydrogen-bond acceptors (Lipinski definition) is 6. The first kappa shape index (κ1) is 20.8. The first-order chi connectivity index (χ1) is 14.5. The van der Waals surface area contributed by atoms with Crippen molar-refractivity contribution in [2.45, 2.75) is 0 Å². The van der Waals surface area contributed by atoms with Crippen molar-refractivity contribution in [3.63, 3.8) is 0 Å². The molecule has 0 aliphatic heterocycles. The van der Waals surface area contributed by atoms with Crippen molar-refractivity contribution < 1.29 is 14.5 Å². The highest BCUT2D eigenvalue weighted by Gasteiger charge is 2.07. The Bertz CT molecular complexity index is 1060. The molecule has 0 spiro atoms.